The van der Waals surface area contributed by atoms with Gasteiger partial charge in [0.25, 0.3) is 0 Å². The van der Waals surface area contributed by atoms with E-state index in [1.165, 1.54) is 7.11 Å². The molecule has 2 N–H and O–H groups in total. The highest BCUT2D eigenvalue weighted by molar-refractivity contribution is 5.77. The number of carbonyl (C=O) groups is 3. The van der Waals surface area contributed by atoms with Gasteiger partial charge in [-0.2, -0.15) is 0 Å². The molecule has 0 heterocycles. The quantitative estimate of drug-likeness (QED) is 0.0657. The van der Waals surface area contributed by atoms with Crippen molar-refractivity contribution in [2.75, 3.05) is 146 Å². The zero-order valence-corrected chi connectivity index (χ0v) is 24.7. The molecule has 0 aliphatic rings. The Balaban J connectivity index is 3.10. The number of ether oxygens (including phenoxy) is 11. The minimum absolute atomic E-state index is 0.235. The van der Waals surface area contributed by atoms with E-state index in [4.69, 9.17) is 47.7 Å². The van der Waals surface area contributed by atoms with E-state index >= 15 is 0 Å². The highest BCUT2D eigenvalue weighted by Crippen LogP contribution is 1.88. The fourth-order valence-electron chi connectivity index (χ4n) is 2.66. The smallest absolute Gasteiger partial charge is 0.329 e. The Morgan fingerprint density at radius 3 is 1.14 bits per heavy atom. The monoisotopic (exact) mass is 615 g/mol. The number of carboxylic acids is 1. The molecule has 42 heavy (non-hydrogen) atoms. The van der Waals surface area contributed by atoms with E-state index in [9.17, 15) is 14.4 Å². The van der Waals surface area contributed by atoms with Crippen LogP contribution in [-0.2, 0) is 66.5 Å². The third kappa shape index (κ3) is 34.2. The Bertz CT molecular complexity index is 627. The molecule has 0 saturated carbocycles. The lowest BCUT2D eigenvalue weighted by molar-refractivity contribution is -0.144. The average Bonchev–Trinajstić information content (AvgIpc) is 2.97. The lowest BCUT2D eigenvalue weighted by atomic mass is 10.5. The third-order valence-corrected chi connectivity index (χ3v) is 4.68. The van der Waals surface area contributed by atoms with Gasteiger partial charge in [-0.1, -0.05) is 0 Å². The van der Waals surface area contributed by atoms with Crippen LogP contribution in [-0.4, -0.2) is 169 Å². The number of aliphatic carboxylic acids is 1. The van der Waals surface area contributed by atoms with Crippen LogP contribution in [0.2, 0.25) is 0 Å². The summed E-state index contributed by atoms with van der Waals surface area (Å²) in [6.07, 6.45) is 0.235. The zero-order valence-electron chi connectivity index (χ0n) is 24.7. The maximum absolute atomic E-state index is 11.3. The lowest BCUT2D eigenvalue weighted by Gasteiger charge is -2.09. The molecule has 0 aromatic rings. The summed E-state index contributed by atoms with van der Waals surface area (Å²) < 4.78 is 57.5. The van der Waals surface area contributed by atoms with Crippen molar-refractivity contribution in [3.63, 3.8) is 0 Å². The van der Waals surface area contributed by atoms with Crippen LogP contribution in [0.4, 0.5) is 0 Å². The highest BCUT2D eigenvalue weighted by Gasteiger charge is 2.03. The molecule has 0 bridgehead atoms. The summed E-state index contributed by atoms with van der Waals surface area (Å²) in [4.78, 5) is 32.5. The van der Waals surface area contributed by atoms with Crippen LogP contribution in [0.25, 0.3) is 0 Å². The first kappa shape index (κ1) is 40.0. The fraction of sp³-hybridized carbons (Fsp3) is 0.885. The van der Waals surface area contributed by atoms with Gasteiger partial charge in [-0.3, -0.25) is 9.59 Å². The van der Waals surface area contributed by atoms with Crippen molar-refractivity contribution in [1.29, 1.82) is 0 Å². The molecule has 0 aromatic heterocycles. The summed E-state index contributed by atoms with van der Waals surface area (Å²) in [5, 5.41) is 10.9. The van der Waals surface area contributed by atoms with Crippen molar-refractivity contribution in [2.45, 2.75) is 6.42 Å². The Morgan fingerprint density at radius 1 is 0.476 bits per heavy atom. The van der Waals surface area contributed by atoms with Crippen LogP contribution in [0, 0.1) is 0 Å². The van der Waals surface area contributed by atoms with Gasteiger partial charge in [-0.05, 0) is 0 Å². The summed E-state index contributed by atoms with van der Waals surface area (Å²) in [5.41, 5.74) is 0. The molecule has 0 unspecified atom stereocenters. The number of nitrogens with one attached hydrogen (secondary N) is 1. The first-order chi connectivity index (χ1) is 20.6. The molecule has 0 aliphatic carbocycles. The molecule has 16 nitrogen and oxygen atoms in total. The maximum Gasteiger partial charge on any atom is 0.329 e. The van der Waals surface area contributed by atoms with Gasteiger partial charge in [0.15, 0.2) is 0 Å². The second-order valence-corrected chi connectivity index (χ2v) is 8.07. The van der Waals surface area contributed by atoms with Crippen LogP contribution in [0.1, 0.15) is 6.42 Å². The predicted molar refractivity (Wildman–Crippen MR) is 145 cm³/mol. The topological polar surface area (TPSA) is 185 Å². The Kier molecular flexibility index (Phi) is 31.9. The number of amides is 1. The molecular formula is C26H49NO15. The van der Waals surface area contributed by atoms with Crippen molar-refractivity contribution in [1.82, 2.24) is 5.32 Å². The second-order valence-electron chi connectivity index (χ2n) is 8.07. The molecular weight excluding hydrogens is 566 g/mol. The van der Waals surface area contributed by atoms with E-state index < -0.39 is 18.5 Å². The van der Waals surface area contributed by atoms with Crippen molar-refractivity contribution in [2.24, 2.45) is 0 Å². The van der Waals surface area contributed by atoms with E-state index in [1.807, 2.05) is 0 Å². The molecule has 248 valence electrons. The molecule has 0 aliphatic heterocycles. The molecule has 16 heteroatoms. The minimum Gasteiger partial charge on any atom is -0.480 e. The predicted octanol–water partition coefficient (Wildman–Crippen LogP) is -1.08. The fourth-order valence-corrected chi connectivity index (χ4v) is 2.66. The van der Waals surface area contributed by atoms with Gasteiger partial charge >= 0.3 is 11.9 Å². The molecule has 0 spiro atoms. The molecule has 0 rings (SSSR count). The normalized spacial score (nSPS) is 11.1. The van der Waals surface area contributed by atoms with Gasteiger partial charge in [-0.25, -0.2) is 4.79 Å². The Labute approximate surface area is 247 Å². The van der Waals surface area contributed by atoms with Crippen LogP contribution < -0.4 is 5.32 Å². The third-order valence-electron chi connectivity index (χ3n) is 4.68. The van der Waals surface area contributed by atoms with Crippen LogP contribution in [0.5, 0.6) is 0 Å². The van der Waals surface area contributed by atoms with Crippen molar-refractivity contribution >= 4 is 17.8 Å². The van der Waals surface area contributed by atoms with Crippen molar-refractivity contribution < 1.29 is 71.6 Å². The summed E-state index contributed by atoms with van der Waals surface area (Å²) in [5.74, 6) is -1.82. The molecule has 0 saturated heterocycles. The van der Waals surface area contributed by atoms with Gasteiger partial charge in [0.2, 0.25) is 5.91 Å². The van der Waals surface area contributed by atoms with Crippen molar-refractivity contribution in [3.8, 4) is 0 Å². The number of rotatable bonds is 34. The zero-order chi connectivity index (χ0) is 30.8. The Morgan fingerprint density at radius 2 is 0.810 bits per heavy atom. The van der Waals surface area contributed by atoms with Gasteiger partial charge in [0.1, 0.15) is 13.2 Å². The minimum atomic E-state index is -1.13. The molecule has 0 radical (unpaired) electrons. The summed E-state index contributed by atoms with van der Waals surface area (Å²) in [6.45, 7) is 7.27. The van der Waals surface area contributed by atoms with Gasteiger partial charge in [-0.15, -0.1) is 0 Å². The van der Waals surface area contributed by atoms with Gasteiger partial charge in [0.05, 0.1) is 132 Å². The van der Waals surface area contributed by atoms with Crippen molar-refractivity contribution in [3.05, 3.63) is 0 Å². The number of hydrogen-bond donors (Lipinski definition) is 2. The second kappa shape index (κ2) is 33.5. The summed E-state index contributed by atoms with van der Waals surface area (Å²) in [6, 6.07) is 0. The molecule has 0 atom stereocenters. The number of esters is 1. The van der Waals surface area contributed by atoms with Crippen LogP contribution in [0.3, 0.4) is 0 Å². The molecule has 0 fully saturated rings. The van der Waals surface area contributed by atoms with E-state index in [-0.39, 0.29) is 19.0 Å². The van der Waals surface area contributed by atoms with Gasteiger partial charge < -0.3 is 62.5 Å². The van der Waals surface area contributed by atoms with Crippen LogP contribution >= 0.6 is 0 Å². The van der Waals surface area contributed by atoms with E-state index in [1.54, 1.807) is 0 Å². The standard InChI is InChI=1S/C26H49NO15/c1-32-26(31)2-4-33-6-8-35-10-12-37-14-16-39-18-20-41-21-19-40-17-15-38-13-11-36-9-7-34-5-3-27-24(28)22-42-23-25(29)30/h2-23H2,1H3,(H,27,28)(H,29,30). The number of hydrogen-bond acceptors (Lipinski definition) is 14. The first-order valence-corrected chi connectivity index (χ1v) is 13.9. The first-order valence-electron chi connectivity index (χ1n) is 13.9. The van der Waals surface area contributed by atoms with E-state index in [0.717, 1.165) is 0 Å². The SMILES string of the molecule is COC(=O)CCOCCOCCOCCOCCOCCOCCOCCOCCOCCNC(=O)COCC(=O)O. The number of carbonyl (C=O) groups excluding carboxylic acids is 2. The van der Waals surface area contributed by atoms with E-state index in [0.29, 0.717) is 125 Å². The van der Waals surface area contributed by atoms with Gasteiger partial charge in [0, 0.05) is 6.54 Å². The summed E-state index contributed by atoms with van der Waals surface area (Å²) >= 11 is 0. The number of methoxy groups -OCH3 is 1. The average molecular weight is 616 g/mol. The van der Waals surface area contributed by atoms with Crippen LogP contribution in [0.15, 0.2) is 0 Å². The molecule has 0 aromatic carbocycles. The Hall–Kier alpha value is -1.99. The maximum atomic E-state index is 11.3. The largest absolute Gasteiger partial charge is 0.480 e. The molecule has 1 amide bonds. The number of carboxylic acid groups (broad SMARTS) is 1. The summed E-state index contributed by atoms with van der Waals surface area (Å²) in [7, 11) is 1.34. The highest BCUT2D eigenvalue weighted by atomic mass is 16.6. The van der Waals surface area contributed by atoms with E-state index in [2.05, 4.69) is 14.8 Å². The lowest BCUT2D eigenvalue weighted by Crippen LogP contribution is -2.31.